The maximum absolute atomic E-state index is 12.0. The smallest absolute Gasteiger partial charge is 0.274 e. The van der Waals surface area contributed by atoms with Crippen molar-refractivity contribution >= 4 is 5.91 Å². The molecule has 1 saturated heterocycles. The molecule has 0 spiro atoms. The van der Waals surface area contributed by atoms with E-state index in [9.17, 15) is 4.79 Å². The van der Waals surface area contributed by atoms with Gasteiger partial charge in [0, 0.05) is 18.6 Å². The van der Waals surface area contributed by atoms with Gasteiger partial charge in [0.1, 0.15) is 0 Å². The van der Waals surface area contributed by atoms with Gasteiger partial charge in [-0.05, 0) is 31.8 Å². The van der Waals surface area contributed by atoms with Crippen LogP contribution in [0.4, 0.5) is 0 Å². The minimum absolute atomic E-state index is 0.207. The van der Waals surface area contributed by atoms with E-state index in [1.54, 1.807) is 0 Å². The predicted octanol–water partition coefficient (Wildman–Crippen LogP) is 2.39. The second-order valence-corrected chi connectivity index (χ2v) is 4.48. The summed E-state index contributed by atoms with van der Waals surface area (Å²) in [4.78, 5) is 17.3. The first-order chi connectivity index (χ1) is 8.77. The molecule has 1 unspecified atom stereocenters. The van der Waals surface area contributed by atoms with E-state index in [0.717, 1.165) is 31.3 Å². The minimum atomic E-state index is -0.309. The van der Waals surface area contributed by atoms with Crippen LogP contribution < -0.4 is 5.48 Å². The fourth-order valence-electron chi connectivity index (χ4n) is 1.98. The van der Waals surface area contributed by atoms with E-state index in [1.807, 2.05) is 31.2 Å². The Kier molecular flexibility index (Phi) is 4.73. The first-order valence-electron chi connectivity index (χ1n) is 6.39. The van der Waals surface area contributed by atoms with E-state index in [4.69, 9.17) is 9.57 Å². The highest BCUT2D eigenvalue weighted by atomic mass is 16.8. The molecule has 1 heterocycles. The van der Waals surface area contributed by atoms with Crippen LogP contribution in [0, 0.1) is 0 Å². The summed E-state index contributed by atoms with van der Waals surface area (Å²) in [6.07, 6.45) is 11.2. The lowest BCUT2D eigenvalue weighted by atomic mass is 10.1. The van der Waals surface area contributed by atoms with Crippen LogP contribution in [0.25, 0.3) is 0 Å². The first-order valence-corrected chi connectivity index (χ1v) is 6.39. The Morgan fingerprint density at radius 2 is 2.39 bits per heavy atom. The van der Waals surface area contributed by atoms with E-state index in [-0.39, 0.29) is 12.2 Å². The van der Waals surface area contributed by atoms with Gasteiger partial charge in [0.25, 0.3) is 5.91 Å². The summed E-state index contributed by atoms with van der Waals surface area (Å²) in [6, 6.07) is 0. The van der Waals surface area contributed by atoms with Gasteiger partial charge in [0.05, 0.1) is 0 Å². The number of carbonyl (C=O) groups excluding carboxylic acids is 1. The Bertz CT molecular complexity index is 390. The van der Waals surface area contributed by atoms with Crippen molar-refractivity contribution in [3.8, 4) is 0 Å². The SMILES string of the molecule is CC1=CC=CCC=C1C(=O)NOC1CCCCO1. The standard InChI is InChI=1S/C14H19NO3/c1-11-7-3-2-4-8-12(11)14(16)15-18-13-9-5-6-10-17-13/h2-3,7-8,13H,4-6,9-10H2,1H3,(H,15,16). The number of hydroxylamine groups is 1. The third-order valence-electron chi connectivity index (χ3n) is 3.03. The van der Waals surface area contributed by atoms with Crippen molar-refractivity contribution in [2.24, 2.45) is 0 Å². The number of rotatable bonds is 3. The molecule has 98 valence electrons. The molecule has 4 heteroatoms. The third kappa shape index (κ3) is 3.55. The summed E-state index contributed by atoms with van der Waals surface area (Å²) in [5.74, 6) is -0.207. The van der Waals surface area contributed by atoms with Gasteiger partial charge in [-0.3, -0.25) is 4.79 Å². The summed E-state index contributed by atoms with van der Waals surface area (Å²) in [5.41, 5.74) is 4.08. The van der Waals surface area contributed by atoms with Crippen LogP contribution in [0.1, 0.15) is 32.6 Å². The Hall–Kier alpha value is -1.39. The number of nitrogens with one attached hydrogen (secondary N) is 1. The number of carbonyl (C=O) groups is 1. The van der Waals surface area contributed by atoms with E-state index < -0.39 is 0 Å². The molecule has 1 amide bonds. The van der Waals surface area contributed by atoms with Gasteiger partial charge in [-0.15, -0.1) is 0 Å². The molecule has 0 radical (unpaired) electrons. The topological polar surface area (TPSA) is 47.6 Å². The molecule has 2 rings (SSSR count). The van der Waals surface area contributed by atoms with Crippen LogP contribution in [0.5, 0.6) is 0 Å². The van der Waals surface area contributed by atoms with Crippen molar-refractivity contribution < 1.29 is 14.4 Å². The summed E-state index contributed by atoms with van der Waals surface area (Å²) >= 11 is 0. The second-order valence-electron chi connectivity index (χ2n) is 4.48. The number of hydrogen-bond donors (Lipinski definition) is 1. The highest BCUT2D eigenvalue weighted by Gasteiger charge is 2.17. The van der Waals surface area contributed by atoms with E-state index >= 15 is 0 Å². The van der Waals surface area contributed by atoms with E-state index in [0.29, 0.717) is 12.2 Å². The Labute approximate surface area is 107 Å². The quantitative estimate of drug-likeness (QED) is 0.781. The van der Waals surface area contributed by atoms with Crippen LogP contribution in [-0.4, -0.2) is 18.8 Å². The minimum Gasteiger partial charge on any atom is -0.350 e. The Morgan fingerprint density at radius 1 is 1.50 bits per heavy atom. The lowest BCUT2D eigenvalue weighted by molar-refractivity contribution is -0.198. The molecule has 0 aromatic carbocycles. The van der Waals surface area contributed by atoms with Crippen LogP contribution in [-0.2, 0) is 14.4 Å². The molecule has 1 aliphatic heterocycles. The molecule has 2 aliphatic rings. The monoisotopic (exact) mass is 249 g/mol. The highest BCUT2D eigenvalue weighted by Crippen LogP contribution is 2.16. The lowest BCUT2D eigenvalue weighted by Gasteiger charge is -2.22. The third-order valence-corrected chi connectivity index (χ3v) is 3.03. The van der Waals surface area contributed by atoms with Crippen molar-refractivity contribution in [1.29, 1.82) is 0 Å². The molecule has 1 N–H and O–H groups in total. The Balaban J connectivity index is 1.85. The summed E-state index contributed by atoms with van der Waals surface area (Å²) in [5, 5.41) is 0. The second kappa shape index (κ2) is 6.52. The van der Waals surface area contributed by atoms with Crippen LogP contribution in [0.2, 0.25) is 0 Å². The molecule has 1 aliphatic carbocycles. The van der Waals surface area contributed by atoms with Crippen molar-refractivity contribution in [2.75, 3.05) is 6.61 Å². The molecule has 0 aromatic rings. The van der Waals surface area contributed by atoms with Gasteiger partial charge in [0.15, 0.2) is 6.29 Å². The van der Waals surface area contributed by atoms with E-state index in [1.165, 1.54) is 0 Å². The number of amides is 1. The molecule has 4 nitrogen and oxygen atoms in total. The molecule has 1 fully saturated rings. The van der Waals surface area contributed by atoms with Crippen molar-refractivity contribution in [3.63, 3.8) is 0 Å². The predicted molar refractivity (Wildman–Crippen MR) is 68.4 cm³/mol. The Morgan fingerprint density at radius 3 is 3.17 bits per heavy atom. The number of allylic oxidation sites excluding steroid dienone is 4. The van der Waals surface area contributed by atoms with Crippen molar-refractivity contribution in [3.05, 3.63) is 35.5 Å². The zero-order valence-corrected chi connectivity index (χ0v) is 10.6. The van der Waals surface area contributed by atoms with Crippen LogP contribution in [0.15, 0.2) is 35.5 Å². The molecule has 0 bridgehead atoms. The number of ether oxygens (including phenoxy) is 1. The average Bonchev–Trinajstić information content (AvgIpc) is 2.62. The summed E-state index contributed by atoms with van der Waals surface area (Å²) in [6.45, 7) is 2.62. The van der Waals surface area contributed by atoms with Crippen LogP contribution in [0.3, 0.4) is 0 Å². The maximum Gasteiger partial charge on any atom is 0.274 e. The zero-order chi connectivity index (χ0) is 12.8. The highest BCUT2D eigenvalue weighted by molar-refractivity contribution is 5.97. The van der Waals surface area contributed by atoms with Crippen molar-refractivity contribution in [1.82, 2.24) is 5.48 Å². The number of hydrogen-bond acceptors (Lipinski definition) is 3. The van der Waals surface area contributed by atoms with E-state index in [2.05, 4.69) is 5.48 Å². The largest absolute Gasteiger partial charge is 0.350 e. The fraction of sp³-hybridized carbons (Fsp3) is 0.500. The van der Waals surface area contributed by atoms with Crippen LogP contribution >= 0.6 is 0 Å². The molecule has 18 heavy (non-hydrogen) atoms. The molecule has 0 aromatic heterocycles. The molecule has 0 saturated carbocycles. The molecular formula is C14H19NO3. The summed E-state index contributed by atoms with van der Waals surface area (Å²) in [7, 11) is 0. The van der Waals surface area contributed by atoms with Gasteiger partial charge in [0.2, 0.25) is 0 Å². The average molecular weight is 249 g/mol. The molecule has 1 atom stereocenters. The lowest BCUT2D eigenvalue weighted by Crippen LogP contribution is -2.34. The van der Waals surface area contributed by atoms with Gasteiger partial charge in [-0.1, -0.05) is 24.3 Å². The fourth-order valence-corrected chi connectivity index (χ4v) is 1.98. The first kappa shape index (κ1) is 13.1. The normalized spacial score (nSPS) is 23.9. The van der Waals surface area contributed by atoms with Gasteiger partial charge in [-0.2, -0.15) is 0 Å². The van der Waals surface area contributed by atoms with Gasteiger partial charge < -0.3 is 4.74 Å². The van der Waals surface area contributed by atoms with Crippen molar-refractivity contribution in [2.45, 2.75) is 38.9 Å². The maximum atomic E-state index is 12.0. The summed E-state index contributed by atoms with van der Waals surface area (Å²) < 4.78 is 5.38. The zero-order valence-electron chi connectivity index (χ0n) is 10.6. The van der Waals surface area contributed by atoms with Gasteiger partial charge in [-0.25, -0.2) is 10.3 Å². The van der Waals surface area contributed by atoms with Gasteiger partial charge >= 0.3 is 0 Å². The molecular weight excluding hydrogens is 230 g/mol.